The predicted octanol–water partition coefficient (Wildman–Crippen LogP) is 2.00. The predicted molar refractivity (Wildman–Crippen MR) is 43.0 cm³/mol. The first-order valence-corrected chi connectivity index (χ1v) is 4.01. The molecular formula is C6H9ClF3N3. The van der Waals surface area contributed by atoms with Crippen molar-refractivity contribution in [2.45, 2.75) is 32.2 Å². The van der Waals surface area contributed by atoms with E-state index < -0.39 is 12.3 Å². The van der Waals surface area contributed by atoms with Crippen molar-refractivity contribution in [3.8, 4) is 0 Å². The number of hydrazone groups is 1. The first-order valence-electron chi connectivity index (χ1n) is 3.67. The van der Waals surface area contributed by atoms with Gasteiger partial charge in [-0.2, -0.15) is 18.3 Å². The monoisotopic (exact) mass is 215 g/mol. The Morgan fingerprint density at radius 1 is 1.46 bits per heavy atom. The Morgan fingerprint density at radius 2 is 2.00 bits per heavy atom. The lowest BCUT2D eigenvalue weighted by molar-refractivity contribution is -0.201. The van der Waals surface area contributed by atoms with Crippen molar-refractivity contribution in [3.63, 3.8) is 0 Å². The fourth-order valence-corrected chi connectivity index (χ4v) is 1.29. The summed E-state index contributed by atoms with van der Waals surface area (Å²) in [6.45, 7) is 3.23. The van der Waals surface area contributed by atoms with Crippen molar-refractivity contribution in [2.75, 3.05) is 0 Å². The summed E-state index contributed by atoms with van der Waals surface area (Å²) in [5, 5.41) is 4.46. The van der Waals surface area contributed by atoms with Crippen LogP contribution in [0.4, 0.5) is 13.2 Å². The van der Waals surface area contributed by atoms with Gasteiger partial charge < -0.3 is 0 Å². The summed E-state index contributed by atoms with van der Waals surface area (Å²) in [5.41, 5.74) is 0. The Balaban J connectivity index is 2.82. The summed E-state index contributed by atoms with van der Waals surface area (Å²) in [6.07, 6.45) is -5.29. The van der Waals surface area contributed by atoms with Crippen LogP contribution in [-0.4, -0.2) is 34.2 Å². The van der Waals surface area contributed by atoms with E-state index >= 15 is 0 Å². The Labute approximate surface area is 78.9 Å². The zero-order valence-electron chi connectivity index (χ0n) is 7.09. The van der Waals surface area contributed by atoms with E-state index in [4.69, 9.17) is 11.8 Å². The smallest absolute Gasteiger partial charge is 0.260 e. The van der Waals surface area contributed by atoms with Crippen LogP contribution in [-0.2, 0) is 0 Å². The van der Waals surface area contributed by atoms with Gasteiger partial charge >= 0.3 is 6.18 Å². The second-order valence-corrected chi connectivity index (χ2v) is 3.35. The summed E-state index contributed by atoms with van der Waals surface area (Å²) in [4.78, 5) is 0. The molecule has 3 nitrogen and oxygen atoms in total. The van der Waals surface area contributed by atoms with E-state index in [0.717, 1.165) is 11.3 Å². The number of rotatable bonds is 1. The van der Waals surface area contributed by atoms with E-state index in [0.29, 0.717) is 4.42 Å². The van der Waals surface area contributed by atoms with Crippen LogP contribution < -0.4 is 0 Å². The van der Waals surface area contributed by atoms with E-state index in [-0.39, 0.29) is 6.04 Å². The zero-order chi connectivity index (χ0) is 10.2. The Morgan fingerprint density at radius 3 is 2.31 bits per heavy atom. The van der Waals surface area contributed by atoms with Gasteiger partial charge in [-0.05, 0) is 13.8 Å². The number of hydrogen-bond donors (Lipinski definition) is 0. The molecule has 0 spiro atoms. The lowest BCUT2D eigenvalue weighted by Gasteiger charge is -2.30. The highest BCUT2D eigenvalue weighted by molar-refractivity contribution is 6.19. The van der Waals surface area contributed by atoms with E-state index in [1.807, 2.05) is 0 Å². The molecule has 1 aliphatic rings. The highest BCUT2D eigenvalue weighted by Crippen LogP contribution is 2.32. The molecule has 0 aromatic heterocycles. The molecule has 13 heavy (non-hydrogen) atoms. The van der Waals surface area contributed by atoms with Crippen molar-refractivity contribution in [1.29, 1.82) is 0 Å². The zero-order valence-corrected chi connectivity index (χ0v) is 7.84. The molecular weight excluding hydrogens is 207 g/mol. The minimum absolute atomic E-state index is 0.341. The standard InChI is InChI=1S/C6H9ClF3N3/c1-4(2)13-5(6(8,9)10)12(7)3-11-13/h3-5H,1-2H3. The van der Waals surface area contributed by atoms with E-state index in [2.05, 4.69) is 5.10 Å². The van der Waals surface area contributed by atoms with Crippen LogP contribution in [0.3, 0.4) is 0 Å². The quantitative estimate of drug-likeness (QED) is 0.623. The third-order valence-electron chi connectivity index (χ3n) is 1.60. The van der Waals surface area contributed by atoms with Gasteiger partial charge in [-0.3, -0.25) is 5.01 Å². The summed E-state index contributed by atoms with van der Waals surface area (Å²) in [6, 6.07) is -0.341. The first-order chi connectivity index (χ1) is 5.84. The molecule has 0 saturated heterocycles. The molecule has 0 radical (unpaired) electrons. The van der Waals surface area contributed by atoms with E-state index in [1.54, 1.807) is 13.8 Å². The summed E-state index contributed by atoms with van der Waals surface area (Å²) < 4.78 is 37.6. The minimum Gasteiger partial charge on any atom is -0.260 e. The number of hydrogen-bond acceptors (Lipinski definition) is 3. The summed E-state index contributed by atoms with van der Waals surface area (Å²) in [7, 11) is 0. The maximum atomic E-state index is 12.4. The second kappa shape index (κ2) is 3.25. The molecule has 7 heteroatoms. The van der Waals surface area contributed by atoms with Gasteiger partial charge in [-0.1, -0.05) is 0 Å². The molecule has 1 rings (SSSR count). The van der Waals surface area contributed by atoms with Gasteiger partial charge in [-0.25, -0.2) is 4.42 Å². The molecule has 1 atom stereocenters. The van der Waals surface area contributed by atoms with Crippen LogP contribution in [0.2, 0.25) is 0 Å². The molecule has 0 aliphatic carbocycles. The summed E-state index contributed by atoms with van der Waals surface area (Å²) in [5.74, 6) is 0. The molecule has 1 heterocycles. The van der Waals surface area contributed by atoms with Crippen molar-refractivity contribution >= 4 is 18.1 Å². The van der Waals surface area contributed by atoms with Gasteiger partial charge in [0.1, 0.15) is 6.34 Å². The normalized spacial score (nSPS) is 23.5. The van der Waals surface area contributed by atoms with Gasteiger partial charge in [0.05, 0.1) is 0 Å². The van der Waals surface area contributed by atoms with Gasteiger partial charge in [0.25, 0.3) is 0 Å². The highest BCUT2D eigenvalue weighted by Gasteiger charge is 2.50. The van der Waals surface area contributed by atoms with Crippen molar-refractivity contribution < 1.29 is 13.2 Å². The van der Waals surface area contributed by atoms with Crippen LogP contribution in [0, 0.1) is 0 Å². The maximum absolute atomic E-state index is 12.4. The van der Waals surface area contributed by atoms with Crippen LogP contribution in [0.1, 0.15) is 13.8 Å². The average Bonchev–Trinajstić information content (AvgIpc) is 2.28. The third kappa shape index (κ3) is 1.99. The minimum atomic E-state index is -4.40. The highest BCUT2D eigenvalue weighted by atomic mass is 35.5. The Hall–Kier alpha value is -0.650. The topological polar surface area (TPSA) is 18.8 Å². The largest absolute Gasteiger partial charge is 0.430 e. The van der Waals surface area contributed by atoms with Gasteiger partial charge in [0.2, 0.25) is 6.17 Å². The fourth-order valence-electron chi connectivity index (χ4n) is 1.05. The van der Waals surface area contributed by atoms with Crippen LogP contribution in [0.15, 0.2) is 5.10 Å². The molecule has 76 valence electrons. The number of nitrogens with zero attached hydrogens (tertiary/aromatic N) is 3. The Bertz CT molecular complexity index is 216. The van der Waals surface area contributed by atoms with Gasteiger partial charge in [0.15, 0.2) is 0 Å². The lowest BCUT2D eigenvalue weighted by Crippen LogP contribution is -2.49. The molecule has 0 saturated carbocycles. The van der Waals surface area contributed by atoms with Crippen LogP contribution in [0.25, 0.3) is 0 Å². The molecule has 0 N–H and O–H groups in total. The van der Waals surface area contributed by atoms with Crippen molar-refractivity contribution in [3.05, 3.63) is 0 Å². The van der Waals surface area contributed by atoms with E-state index in [9.17, 15) is 13.2 Å². The third-order valence-corrected chi connectivity index (χ3v) is 1.87. The fraction of sp³-hybridized carbons (Fsp3) is 0.833. The second-order valence-electron chi connectivity index (χ2n) is 2.96. The lowest BCUT2D eigenvalue weighted by atomic mass is 10.3. The molecule has 1 unspecified atom stereocenters. The Kier molecular flexibility index (Phi) is 2.61. The van der Waals surface area contributed by atoms with Crippen LogP contribution >= 0.6 is 11.8 Å². The first kappa shape index (κ1) is 10.4. The number of alkyl halides is 3. The van der Waals surface area contributed by atoms with Gasteiger partial charge in [-0.15, -0.1) is 0 Å². The molecule has 0 aromatic carbocycles. The summed E-state index contributed by atoms with van der Waals surface area (Å²) >= 11 is 5.32. The van der Waals surface area contributed by atoms with Crippen LogP contribution in [0.5, 0.6) is 0 Å². The number of halogens is 4. The SMILES string of the molecule is CC(C)N1N=CN(Cl)C1C(F)(F)F. The van der Waals surface area contributed by atoms with Crippen molar-refractivity contribution in [2.24, 2.45) is 5.10 Å². The molecule has 0 bridgehead atoms. The molecule has 0 amide bonds. The molecule has 1 aliphatic heterocycles. The van der Waals surface area contributed by atoms with Gasteiger partial charge in [0, 0.05) is 17.8 Å². The molecule has 0 aromatic rings. The van der Waals surface area contributed by atoms with E-state index in [1.165, 1.54) is 0 Å². The average molecular weight is 216 g/mol. The molecule has 0 fully saturated rings. The maximum Gasteiger partial charge on any atom is 0.430 e. The van der Waals surface area contributed by atoms with Crippen molar-refractivity contribution in [1.82, 2.24) is 9.43 Å².